The fourth-order valence-electron chi connectivity index (χ4n) is 4.04. The third kappa shape index (κ3) is 2.76. The molecule has 0 fully saturated rings. The number of fused-ring (bicyclic) bond motifs is 1. The van der Waals surface area contributed by atoms with Crippen LogP contribution in [0.25, 0.3) is 5.57 Å². The minimum Gasteiger partial charge on any atom is -0.0651 e. The second-order valence-corrected chi connectivity index (χ2v) is 6.81. The van der Waals surface area contributed by atoms with Crippen LogP contribution in [-0.4, -0.2) is 0 Å². The predicted octanol–water partition coefficient (Wildman–Crippen LogP) is 6.53. The van der Waals surface area contributed by atoms with Gasteiger partial charge in [-0.05, 0) is 53.2 Å². The Kier molecular flexibility index (Phi) is 4.71. The second-order valence-electron chi connectivity index (χ2n) is 6.81. The van der Waals surface area contributed by atoms with Crippen LogP contribution in [0.5, 0.6) is 0 Å². The highest BCUT2D eigenvalue weighted by molar-refractivity contribution is 5.89. The summed E-state index contributed by atoms with van der Waals surface area (Å²) in [5, 5.41) is 0. The lowest BCUT2D eigenvalue weighted by Crippen LogP contribution is -2.01. The summed E-state index contributed by atoms with van der Waals surface area (Å²) in [7, 11) is 0. The average Bonchev–Trinajstić information content (AvgIpc) is 2.82. The minimum atomic E-state index is 0.533. The highest BCUT2D eigenvalue weighted by atomic mass is 14.3. The van der Waals surface area contributed by atoms with E-state index < -0.39 is 0 Å². The molecular formula is C23H28. The molecule has 0 saturated carbocycles. The van der Waals surface area contributed by atoms with Crippen molar-refractivity contribution in [1.29, 1.82) is 0 Å². The van der Waals surface area contributed by atoms with Crippen LogP contribution in [0.15, 0.2) is 48.0 Å². The van der Waals surface area contributed by atoms with Crippen LogP contribution in [0.2, 0.25) is 0 Å². The monoisotopic (exact) mass is 304 g/mol. The van der Waals surface area contributed by atoms with E-state index in [1.54, 1.807) is 11.1 Å². The van der Waals surface area contributed by atoms with E-state index in [2.05, 4.69) is 70.2 Å². The van der Waals surface area contributed by atoms with Crippen molar-refractivity contribution in [1.82, 2.24) is 0 Å². The Hall–Kier alpha value is -1.82. The Bertz CT molecular complexity index is 733. The molecule has 1 unspecified atom stereocenters. The van der Waals surface area contributed by atoms with E-state index in [0.717, 1.165) is 0 Å². The molecule has 0 aromatic heterocycles. The predicted molar refractivity (Wildman–Crippen MR) is 101 cm³/mol. The summed E-state index contributed by atoms with van der Waals surface area (Å²) in [6, 6.07) is 15.9. The molecule has 0 saturated heterocycles. The van der Waals surface area contributed by atoms with Gasteiger partial charge in [0.05, 0.1) is 0 Å². The van der Waals surface area contributed by atoms with Crippen molar-refractivity contribution >= 4 is 5.57 Å². The molecule has 120 valence electrons. The van der Waals surface area contributed by atoms with Crippen LogP contribution < -0.4 is 0 Å². The molecule has 0 heteroatoms. The average molecular weight is 304 g/mol. The lowest BCUT2D eigenvalue weighted by molar-refractivity contribution is 0.858. The molecule has 2 aromatic carbocycles. The van der Waals surface area contributed by atoms with Crippen molar-refractivity contribution < 1.29 is 0 Å². The fraction of sp³-hybridized carbons (Fsp3) is 0.391. The number of aryl methyl sites for hydroxylation is 1. The highest BCUT2D eigenvalue weighted by Crippen LogP contribution is 2.45. The first kappa shape index (κ1) is 16.1. The molecule has 0 radical (unpaired) electrons. The molecule has 0 bridgehead atoms. The molecule has 0 nitrogen and oxygen atoms in total. The molecule has 0 aliphatic heterocycles. The number of allylic oxidation sites excluding steroid dienone is 1. The van der Waals surface area contributed by atoms with Gasteiger partial charge < -0.3 is 0 Å². The lowest BCUT2D eigenvalue weighted by atomic mass is 9.87. The summed E-state index contributed by atoms with van der Waals surface area (Å²) in [5.41, 5.74) is 10.6. The molecule has 23 heavy (non-hydrogen) atoms. The molecular weight excluding hydrogens is 276 g/mol. The van der Waals surface area contributed by atoms with Crippen LogP contribution in [0.3, 0.4) is 0 Å². The van der Waals surface area contributed by atoms with Gasteiger partial charge in [-0.15, -0.1) is 0 Å². The molecule has 2 aromatic rings. The van der Waals surface area contributed by atoms with Crippen molar-refractivity contribution in [3.05, 3.63) is 75.9 Å². The maximum atomic E-state index is 2.35. The zero-order chi connectivity index (χ0) is 16.4. The fourth-order valence-corrected chi connectivity index (χ4v) is 4.04. The second kappa shape index (κ2) is 6.74. The van der Waals surface area contributed by atoms with Gasteiger partial charge in [-0.3, -0.25) is 0 Å². The smallest absolute Gasteiger partial charge is 0.00326 e. The van der Waals surface area contributed by atoms with Crippen molar-refractivity contribution in [3.63, 3.8) is 0 Å². The zero-order valence-corrected chi connectivity index (χ0v) is 14.9. The van der Waals surface area contributed by atoms with E-state index in [0.29, 0.717) is 5.92 Å². The maximum Gasteiger partial charge on any atom is 0.00326 e. The Morgan fingerprint density at radius 2 is 1.52 bits per heavy atom. The van der Waals surface area contributed by atoms with Gasteiger partial charge in [0, 0.05) is 5.92 Å². The number of benzene rings is 2. The highest BCUT2D eigenvalue weighted by Gasteiger charge is 2.27. The van der Waals surface area contributed by atoms with Gasteiger partial charge in [0.15, 0.2) is 0 Å². The van der Waals surface area contributed by atoms with E-state index in [9.17, 15) is 0 Å². The third-order valence-corrected chi connectivity index (χ3v) is 5.30. The molecule has 3 rings (SSSR count). The standard InChI is InChI=1S/C23H28/c1-5-10-18-12-9-15-22(20(18)11-6-2)23-17(4)16(3)19-13-7-8-14-21(19)23/h7-9,12-16H,5-6,10-11H2,1-4H3. The Labute approximate surface area is 141 Å². The zero-order valence-electron chi connectivity index (χ0n) is 14.9. The molecule has 0 spiro atoms. The maximum absolute atomic E-state index is 2.35. The van der Waals surface area contributed by atoms with E-state index in [1.165, 1.54) is 53.5 Å². The molecule has 1 aliphatic rings. The van der Waals surface area contributed by atoms with Crippen molar-refractivity contribution in [2.75, 3.05) is 0 Å². The van der Waals surface area contributed by atoms with Gasteiger partial charge in [-0.2, -0.15) is 0 Å². The SMILES string of the molecule is CCCc1cccc(C2=C(C)C(C)c3ccccc32)c1CCC. The summed E-state index contributed by atoms with van der Waals surface area (Å²) in [4.78, 5) is 0. The van der Waals surface area contributed by atoms with Gasteiger partial charge in [0.1, 0.15) is 0 Å². The minimum absolute atomic E-state index is 0.533. The quantitative estimate of drug-likeness (QED) is 0.589. The third-order valence-electron chi connectivity index (χ3n) is 5.30. The normalized spacial score (nSPS) is 16.8. The van der Waals surface area contributed by atoms with Crippen molar-refractivity contribution in [3.8, 4) is 0 Å². The van der Waals surface area contributed by atoms with E-state index in [-0.39, 0.29) is 0 Å². The van der Waals surface area contributed by atoms with Gasteiger partial charge in [0.2, 0.25) is 0 Å². The van der Waals surface area contributed by atoms with Crippen LogP contribution in [0.1, 0.15) is 74.3 Å². The van der Waals surface area contributed by atoms with Gasteiger partial charge in [0.25, 0.3) is 0 Å². The number of hydrogen-bond donors (Lipinski definition) is 0. The summed E-state index contributed by atoms with van der Waals surface area (Å²) in [5.74, 6) is 0.533. The molecule has 1 aliphatic carbocycles. The van der Waals surface area contributed by atoms with E-state index >= 15 is 0 Å². The first-order chi connectivity index (χ1) is 11.2. The number of rotatable bonds is 5. The topological polar surface area (TPSA) is 0 Å². The van der Waals surface area contributed by atoms with E-state index in [4.69, 9.17) is 0 Å². The van der Waals surface area contributed by atoms with Gasteiger partial charge in [-0.25, -0.2) is 0 Å². The summed E-state index contributed by atoms with van der Waals surface area (Å²) in [6.07, 6.45) is 4.79. The molecule has 1 atom stereocenters. The largest absolute Gasteiger partial charge is 0.0651 e. The van der Waals surface area contributed by atoms with Gasteiger partial charge in [-0.1, -0.05) is 81.7 Å². The van der Waals surface area contributed by atoms with Crippen molar-refractivity contribution in [2.24, 2.45) is 0 Å². The Morgan fingerprint density at radius 3 is 2.26 bits per heavy atom. The first-order valence-corrected chi connectivity index (χ1v) is 9.10. The van der Waals surface area contributed by atoms with Crippen LogP contribution in [0, 0.1) is 0 Å². The lowest BCUT2D eigenvalue weighted by Gasteiger charge is -2.17. The summed E-state index contributed by atoms with van der Waals surface area (Å²) < 4.78 is 0. The first-order valence-electron chi connectivity index (χ1n) is 9.10. The van der Waals surface area contributed by atoms with Crippen LogP contribution >= 0.6 is 0 Å². The van der Waals surface area contributed by atoms with Crippen molar-refractivity contribution in [2.45, 2.75) is 59.3 Å². The summed E-state index contributed by atoms with van der Waals surface area (Å²) in [6.45, 7) is 9.23. The van der Waals surface area contributed by atoms with Crippen LogP contribution in [-0.2, 0) is 12.8 Å². The molecule has 0 heterocycles. The summed E-state index contributed by atoms with van der Waals surface area (Å²) >= 11 is 0. The van der Waals surface area contributed by atoms with Gasteiger partial charge >= 0.3 is 0 Å². The van der Waals surface area contributed by atoms with E-state index in [1.807, 2.05) is 0 Å². The number of hydrogen-bond acceptors (Lipinski definition) is 0. The molecule has 0 N–H and O–H groups in total. The Morgan fingerprint density at radius 1 is 0.826 bits per heavy atom. The van der Waals surface area contributed by atoms with Crippen LogP contribution in [0.4, 0.5) is 0 Å². The molecule has 0 amide bonds. The Balaban J connectivity index is 2.20.